The molecular weight excluding hydrogens is 366 g/mol. The summed E-state index contributed by atoms with van der Waals surface area (Å²) in [6.07, 6.45) is 3.82. The molecule has 1 aromatic carbocycles. The van der Waals surface area contributed by atoms with Crippen LogP contribution in [0.2, 0.25) is 5.02 Å². The molecule has 0 aliphatic carbocycles. The summed E-state index contributed by atoms with van der Waals surface area (Å²) in [4.78, 5) is 2.35. The second-order valence-corrected chi connectivity index (χ2v) is 8.34. The van der Waals surface area contributed by atoms with Gasteiger partial charge in [0.2, 0.25) is 0 Å². The standard InChI is InChI=1S/C21H30ClNO4/c1-16-5-6-18(17(22)14-16)23-9-7-20(24-2,8-10-23)21(15-25-12-13-27-21)19-4-3-11-26-19/h5-6,14,19H,3-4,7-13,15H2,1-2H3. The van der Waals surface area contributed by atoms with Crippen molar-refractivity contribution in [2.75, 3.05) is 51.5 Å². The van der Waals surface area contributed by atoms with E-state index in [0.29, 0.717) is 19.8 Å². The van der Waals surface area contributed by atoms with Gasteiger partial charge < -0.3 is 23.8 Å². The van der Waals surface area contributed by atoms with Gasteiger partial charge in [-0.2, -0.15) is 0 Å². The molecule has 0 amide bonds. The van der Waals surface area contributed by atoms with E-state index in [1.165, 1.54) is 5.56 Å². The molecule has 3 aliphatic rings. The third kappa shape index (κ3) is 3.38. The van der Waals surface area contributed by atoms with E-state index in [2.05, 4.69) is 24.0 Å². The Labute approximate surface area is 166 Å². The van der Waals surface area contributed by atoms with Crippen molar-refractivity contribution >= 4 is 17.3 Å². The van der Waals surface area contributed by atoms with Crippen LogP contribution in [0.5, 0.6) is 0 Å². The molecule has 6 heteroatoms. The molecule has 0 spiro atoms. The Morgan fingerprint density at radius 3 is 2.59 bits per heavy atom. The Morgan fingerprint density at radius 1 is 1.19 bits per heavy atom. The number of nitrogens with zero attached hydrogens (tertiary/aromatic N) is 1. The molecule has 0 bridgehead atoms. The number of anilines is 1. The summed E-state index contributed by atoms with van der Waals surface area (Å²) in [5.41, 5.74) is 1.34. The number of rotatable bonds is 4. The molecule has 4 rings (SSSR count). The zero-order valence-corrected chi connectivity index (χ0v) is 17.1. The second-order valence-electron chi connectivity index (χ2n) is 7.93. The molecule has 3 aliphatic heterocycles. The third-order valence-electron chi connectivity index (χ3n) is 6.53. The van der Waals surface area contributed by atoms with Crippen molar-refractivity contribution in [2.24, 2.45) is 0 Å². The molecule has 2 unspecified atom stereocenters. The molecule has 1 aromatic rings. The number of halogens is 1. The van der Waals surface area contributed by atoms with Gasteiger partial charge in [-0.25, -0.2) is 0 Å². The van der Waals surface area contributed by atoms with Gasteiger partial charge in [-0.3, -0.25) is 0 Å². The molecule has 5 nitrogen and oxygen atoms in total. The largest absolute Gasteiger partial charge is 0.376 e. The summed E-state index contributed by atoms with van der Waals surface area (Å²) >= 11 is 6.51. The molecule has 0 saturated carbocycles. The average molecular weight is 396 g/mol. The number of benzene rings is 1. The van der Waals surface area contributed by atoms with Gasteiger partial charge in [-0.1, -0.05) is 17.7 Å². The monoisotopic (exact) mass is 395 g/mol. The lowest BCUT2D eigenvalue weighted by Crippen LogP contribution is -2.70. The van der Waals surface area contributed by atoms with Crippen LogP contribution in [0.1, 0.15) is 31.2 Å². The fourth-order valence-corrected chi connectivity index (χ4v) is 5.37. The minimum Gasteiger partial charge on any atom is -0.376 e. The highest BCUT2D eigenvalue weighted by atomic mass is 35.5. The predicted molar refractivity (Wildman–Crippen MR) is 106 cm³/mol. The maximum atomic E-state index is 6.51. The quantitative estimate of drug-likeness (QED) is 0.779. The lowest BCUT2D eigenvalue weighted by Gasteiger charge is -2.56. The molecule has 0 N–H and O–H groups in total. The van der Waals surface area contributed by atoms with E-state index in [9.17, 15) is 0 Å². The SMILES string of the molecule is COC1(C2(C3CCCO3)COCCO2)CCN(c2ccc(C)cc2Cl)CC1. The molecule has 3 heterocycles. The topological polar surface area (TPSA) is 40.2 Å². The van der Waals surface area contributed by atoms with Gasteiger partial charge in [-0.05, 0) is 50.3 Å². The first kappa shape index (κ1) is 19.5. The summed E-state index contributed by atoms with van der Waals surface area (Å²) in [6.45, 7) is 6.37. The van der Waals surface area contributed by atoms with Crippen LogP contribution in [-0.4, -0.2) is 63.9 Å². The van der Waals surface area contributed by atoms with Crippen molar-refractivity contribution < 1.29 is 18.9 Å². The highest BCUT2D eigenvalue weighted by molar-refractivity contribution is 6.33. The number of aryl methyl sites for hydroxylation is 1. The molecule has 150 valence electrons. The van der Waals surface area contributed by atoms with Crippen LogP contribution < -0.4 is 4.90 Å². The lowest BCUT2D eigenvalue weighted by atomic mass is 9.71. The van der Waals surface area contributed by atoms with Crippen LogP contribution in [-0.2, 0) is 18.9 Å². The Balaban J connectivity index is 1.57. The summed E-state index contributed by atoms with van der Waals surface area (Å²) in [5, 5.41) is 0.811. The predicted octanol–water partition coefficient (Wildman–Crippen LogP) is 3.60. The van der Waals surface area contributed by atoms with Crippen LogP contribution in [0.25, 0.3) is 0 Å². The van der Waals surface area contributed by atoms with Gasteiger partial charge >= 0.3 is 0 Å². The highest BCUT2D eigenvalue weighted by Gasteiger charge is 2.60. The molecule has 3 fully saturated rings. The first-order chi connectivity index (χ1) is 13.1. The van der Waals surface area contributed by atoms with Crippen molar-refractivity contribution in [3.05, 3.63) is 28.8 Å². The minimum atomic E-state index is -0.528. The van der Waals surface area contributed by atoms with Crippen LogP contribution in [0.4, 0.5) is 5.69 Å². The number of piperidine rings is 1. The van der Waals surface area contributed by atoms with Crippen molar-refractivity contribution in [1.29, 1.82) is 0 Å². The Kier molecular flexibility index (Phi) is 5.68. The molecule has 0 radical (unpaired) electrons. The van der Waals surface area contributed by atoms with Gasteiger partial charge in [0, 0.05) is 26.8 Å². The fraction of sp³-hybridized carbons (Fsp3) is 0.714. The van der Waals surface area contributed by atoms with Gasteiger partial charge in [-0.15, -0.1) is 0 Å². The zero-order chi connectivity index (χ0) is 18.9. The summed E-state index contributed by atoms with van der Waals surface area (Å²) in [7, 11) is 1.81. The average Bonchev–Trinajstić information content (AvgIpc) is 3.24. The fourth-order valence-electron chi connectivity index (χ4n) is 5.01. The molecule has 0 aromatic heterocycles. The summed E-state index contributed by atoms with van der Waals surface area (Å²) < 4.78 is 24.7. The van der Waals surface area contributed by atoms with Crippen LogP contribution in [0, 0.1) is 6.92 Å². The lowest BCUT2D eigenvalue weighted by molar-refractivity contribution is -0.291. The van der Waals surface area contributed by atoms with E-state index in [1.807, 2.05) is 13.2 Å². The van der Waals surface area contributed by atoms with E-state index in [0.717, 1.165) is 56.1 Å². The van der Waals surface area contributed by atoms with E-state index >= 15 is 0 Å². The summed E-state index contributed by atoms with van der Waals surface area (Å²) in [5.74, 6) is 0. The van der Waals surface area contributed by atoms with Crippen LogP contribution in [0.3, 0.4) is 0 Å². The van der Waals surface area contributed by atoms with Crippen molar-refractivity contribution in [2.45, 2.75) is 49.9 Å². The minimum absolute atomic E-state index is 0.0345. The van der Waals surface area contributed by atoms with Gasteiger partial charge in [0.15, 0.2) is 0 Å². The van der Waals surface area contributed by atoms with Gasteiger partial charge in [0.25, 0.3) is 0 Å². The normalized spacial score (nSPS) is 31.2. The van der Waals surface area contributed by atoms with Crippen LogP contribution in [0.15, 0.2) is 18.2 Å². The first-order valence-corrected chi connectivity index (χ1v) is 10.4. The maximum Gasteiger partial charge on any atom is 0.146 e. The number of methoxy groups -OCH3 is 1. The first-order valence-electron chi connectivity index (χ1n) is 10.00. The van der Waals surface area contributed by atoms with Crippen molar-refractivity contribution in [1.82, 2.24) is 0 Å². The van der Waals surface area contributed by atoms with E-state index in [4.69, 9.17) is 30.5 Å². The number of hydrogen-bond acceptors (Lipinski definition) is 5. The second kappa shape index (κ2) is 7.88. The highest BCUT2D eigenvalue weighted by Crippen LogP contribution is 2.46. The Morgan fingerprint density at radius 2 is 2.00 bits per heavy atom. The Hall–Kier alpha value is -0.850. The Bertz CT molecular complexity index is 648. The molecule has 27 heavy (non-hydrogen) atoms. The number of ether oxygens (including phenoxy) is 4. The van der Waals surface area contributed by atoms with Crippen molar-refractivity contribution in [3.8, 4) is 0 Å². The third-order valence-corrected chi connectivity index (χ3v) is 6.83. The molecule has 3 saturated heterocycles. The van der Waals surface area contributed by atoms with Crippen LogP contribution >= 0.6 is 11.6 Å². The van der Waals surface area contributed by atoms with Gasteiger partial charge in [0.05, 0.1) is 36.6 Å². The number of hydrogen-bond donors (Lipinski definition) is 0. The molecule has 2 atom stereocenters. The van der Waals surface area contributed by atoms with E-state index in [1.54, 1.807) is 0 Å². The summed E-state index contributed by atoms with van der Waals surface area (Å²) in [6, 6.07) is 6.26. The zero-order valence-electron chi connectivity index (χ0n) is 16.3. The smallest absolute Gasteiger partial charge is 0.146 e. The van der Waals surface area contributed by atoms with E-state index < -0.39 is 11.2 Å². The van der Waals surface area contributed by atoms with Crippen molar-refractivity contribution in [3.63, 3.8) is 0 Å². The van der Waals surface area contributed by atoms with Gasteiger partial charge in [0.1, 0.15) is 11.2 Å². The maximum absolute atomic E-state index is 6.51. The molecular formula is C21H30ClNO4. The van der Waals surface area contributed by atoms with E-state index in [-0.39, 0.29) is 6.10 Å².